The van der Waals surface area contributed by atoms with Crippen LogP contribution in [0.4, 0.5) is 0 Å². The molecule has 0 bridgehead atoms. The minimum absolute atomic E-state index is 0.0692. The standard InChI is InChI=1S/C19H20N2O3/c1-5-23-16(11-12(2)22)18-14(4)24-19-17(18)13(3)20-21(19)15-9-7-6-8-10-15/h6-11H,5H2,1-4H3. The minimum Gasteiger partial charge on any atom is -0.493 e. The fraction of sp³-hybridized carbons (Fsp3) is 0.263. The average Bonchev–Trinajstić information content (AvgIpc) is 3.04. The summed E-state index contributed by atoms with van der Waals surface area (Å²) in [7, 11) is 0. The molecule has 0 saturated carbocycles. The number of nitrogens with zero attached hydrogens (tertiary/aromatic N) is 2. The molecule has 0 saturated heterocycles. The number of hydrogen-bond donors (Lipinski definition) is 0. The second kappa shape index (κ2) is 6.35. The van der Waals surface area contributed by atoms with Gasteiger partial charge in [-0.05, 0) is 39.8 Å². The van der Waals surface area contributed by atoms with Crippen LogP contribution in [0.5, 0.6) is 0 Å². The average molecular weight is 324 g/mol. The van der Waals surface area contributed by atoms with Gasteiger partial charge < -0.3 is 9.15 Å². The van der Waals surface area contributed by atoms with Gasteiger partial charge in [-0.2, -0.15) is 9.78 Å². The van der Waals surface area contributed by atoms with Gasteiger partial charge in [-0.15, -0.1) is 0 Å². The van der Waals surface area contributed by atoms with E-state index in [4.69, 9.17) is 9.15 Å². The lowest BCUT2D eigenvalue weighted by molar-refractivity contribution is -0.112. The first-order chi connectivity index (χ1) is 11.5. The van der Waals surface area contributed by atoms with E-state index in [-0.39, 0.29) is 5.78 Å². The Kier molecular flexibility index (Phi) is 4.25. The molecule has 5 heteroatoms. The number of rotatable bonds is 5. The molecule has 24 heavy (non-hydrogen) atoms. The number of hydrogen-bond acceptors (Lipinski definition) is 4. The van der Waals surface area contributed by atoms with E-state index >= 15 is 0 Å². The third-order valence-electron chi connectivity index (χ3n) is 3.75. The molecule has 0 N–H and O–H groups in total. The van der Waals surface area contributed by atoms with Crippen LogP contribution in [0.25, 0.3) is 22.5 Å². The molecule has 0 spiro atoms. The molecule has 0 amide bonds. The number of allylic oxidation sites excluding steroid dienone is 1. The Balaban J connectivity index is 2.26. The Hall–Kier alpha value is -2.82. The summed E-state index contributed by atoms with van der Waals surface area (Å²) < 4.78 is 13.5. The molecular weight excluding hydrogens is 304 g/mol. The normalized spacial score (nSPS) is 11.9. The molecule has 5 nitrogen and oxygen atoms in total. The first kappa shape index (κ1) is 16.1. The number of carbonyl (C=O) groups excluding carboxylic acids is 1. The summed E-state index contributed by atoms with van der Waals surface area (Å²) in [5, 5.41) is 5.47. The molecule has 0 unspecified atom stereocenters. The van der Waals surface area contributed by atoms with Crippen molar-refractivity contribution in [2.75, 3.05) is 6.61 Å². The van der Waals surface area contributed by atoms with Gasteiger partial charge in [0, 0.05) is 6.08 Å². The van der Waals surface area contributed by atoms with Crippen molar-refractivity contribution >= 4 is 22.6 Å². The maximum absolute atomic E-state index is 11.6. The van der Waals surface area contributed by atoms with Gasteiger partial charge in [-0.1, -0.05) is 18.2 Å². The number of ether oxygens (including phenoxy) is 1. The van der Waals surface area contributed by atoms with Crippen molar-refractivity contribution in [3.05, 3.63) is 53.4 Å². The first-order valence-corrected chi connectivity index (χ1v) is 7.92. The van der Waals surface area contributed by atoms with E-state index in [1.54, 1.807) is 4.68 Å². The minimum atomic E-state index is -0.0692. The lowest BCUT2D eigenvalue weighted by Crippen LogP contribution is -1.97. The van der Waals surface area contributed by atoms with Crippen molar-refractivity contribution in [1.29, 1.82) is 0 Å². The quantitative estimate of drug-likeness (QED) is 0.521. The largest absolute Gasteiger partial charge is 0.493 e. The molecule has 3 rings (SSSR count). The number of para-hydroxylation sites is 1. The Morgan fingerprint density at radius 2 is 2.00 bits per heavy atom. The summed E-state index contributed by atoms with van der Waals surface area (Å²) in [6, 6.07) is 9.81. The smallest absolute Gasteiger partial charge is 0.230 e. The van der Waals surface area contributed by atoms with Crippen LogP contribution >= 0.6 is 0 Å². The van der Waals surface area contributed by atoms with E-state index in [0.29, 0.717) is 23.8 Å². The summed E-state index contributed by atoms with van der Waals surface area (Å²) in [6.07, 6.45) is 1.50. The molecule has 3 aromatic rings. The molecule has 0 atom stereocenters. The van der Waals surface area contributed by atoms with Gasteiger partial charge in [0.05, 0.1) is 28.9 Å². The van der Waals surface area contributed by atoms with E-state index in [2.05, 4.69) is 5.10 Å². The highest BCUT2D eigenvalue weighted by Crippen LogP contribution is 2.35. The van der Waals surface area contributed by atoms with Gasteiger partial charge in [-0.3, -0.25) is 4.79 Å². The predicted octanol–water partition coefficient (Wildman–Crippen LogP) is 4.20. The Bertz CT molecular complexity index is 917. The molecular formula is C19H20N2O3. The molecule has 0 aliphatic heterocycles. The van der Waals surface area contributed by atoms with Crippen LogP contribution in [0.2, 0.25) is 0 Å². The van der Waals surface area contributed by atoms with Crippen LogP contribution in [0.3, 0.4) is 0 Å². The van der Waals surface area contributed by atoms with E-state index < -0.39 is 0 Å². The number of carbonyl (C=O) groups is 1. The molecule has 0 aliphatic rings. The van der Waals surface area contributed by atoms with Crippen LogP contribution in [-0.2, 0) is 9.53 Å². The van der Waals surface area contributed by atoms with Crippen molar-refractivity contribution in [1.82, 2.24) is 9.78 Å². The van der Waals surface area contributed by atoms with Crippen molar-refractivity contribution in [3.63, 3.8) is 0 Å². The summed E-state index contributed by atoms with van der Waals surface area (Å²) in [4.78, 5) is 11.6. The van der Waals surface area contributed by atoms with E-state index in [0.717, 1.165) is 22.3 Å². The third kappa shape index (κ3) is 2.73. The van der Waals surface area contributed by atoms with Crippen molar-refractivity contribution in [2.24, 2.45) is 0 Å². The van der Waals surface area contributed by atoms with Crippen LogP contribution in [0, 0.1) is 13.8 Å². The van der Waals surface area contributed by atoms with Gasteiger partial charge in [0.2, 0.25) is 5.71 Å². The zero-order valence-corrected chi connectivity index (χ0v) is 14.3. The second-order valence-corrected chi connectivity index (χ2v) is 5.60. The van der Waals surface area contributed by atoms with Gasteiger partial charge in [0.25, 0.3) is 0 Å². The number of furan rings is 1. The lowest BCUT2D eigenvalue weighted by atomic mass is 10.1. The highest BCUT2D eigenvalue weighted by molar-refractivity contribution is 5.99. The van der Waals surface area contributed by atoms with Crippen molar-refractivity contribution in [2.45, 2.75) is 27.7 Å². The Labute approximate surface area is 140 Å². The lowest BCUT2D eigenvalue weighted by Gasteiger charge is -2.07. The maximum Gasteiger partial charge on any atom is 0.230 e. The molecule has 0 fully saturated rings. The predicted molar refractivity (Wildman–Crippen MR) is 93.1 cm³/mol. The molecule has 2 heterocycles. The van der Waals surface area contributed by atoms with E-state index in [1.807, 2.05) is 51.1 Å². The van der Waals surface area contributed by atoms with Crippen LogP contribution in [0.15, 0.2) is 40.8 Å². The number of aromatic nitrogens is 2. The third-order valence-corrected chi connectivity index (χ3v) is 3.75. The fourth-order valence-electron chi connectivity index (χ4n) is 2.83. The second-order valence-electron chi connectivity index (χ2n) is 5.60. The zero-order valence-electron chi connectivity index (χ0n) is 14.3. The summed E-state index contributed by atoms with van der Waals surface area (Å²) >= 11 is 0. The monoisotopic (exact) mass is 324 g/mol. The van der Waals surface area contributed by atoms with Crippen LogP contribution in [0.1, 0.15) is 30.9 Å². The fourth-order valence-corrected chi connectivity index (χ4v) is 2.83. The highest BCUT2D eigenvalue weighted by atomic mass is 16.5. The SMILES string of the molecule is CCOC(=CC(C)=O)c1c(C)oc2c1c(C)nn2-c1ccccc1. The molecule has 0 aliphatic carbocycles. The van der Waals surface area contributed by atoms with Gasteiger partial charge in [-0.25, -0.2) is 0 Å². The number of benzene rings is 1. The topological polar surface area (TPSA) is 57.3 Å². The molecule has 1 aromatic carbocycles. The molecule has 124 valence electrons. The van der Waals surface area contributed by atoms with E-state index in [1.165, 1.54) is 13.0 Å². The Morgan fingerprint density at radius 3 is 2.62 bits per heavy atom. The van der Waals surface area contributed by atoms with Crippen molar-refractivity contribution < 1.29 is 13.9 Å². The number of fused-ring (bicyclic) bond motifs is 1. The van der Waals surface area contributed by atoms with Crippen LogP contribution in [-0.4, -0.2) is 22.2 Å². The maximum atomic E-state index is 11.6. The van der Waals surface area contributed by atoms with Crippen LogP contribution < -0.4 is 0 Å². The van der Waals surface area contributed by atoms with Gasteiger partial charge in [0.1, 0.15) is 11.5 Å². The summed E-state index contributed by atoms with van der Waals surface area (Å²) in [5.74, 6) is 1.16. The Morgan fingerprint density at radius 1 is 1.29 bits per heavy atom. The van der Waals surface area contributed by atoms with Gasteiger partial charge in [0.15, 0.2) is 5.78 Å². The number of ketones is 1. The molecule has 2 aromatic heterocycles. The van der Waals surface area contributed by atoms with Gasteiger partial charge >= 0.3 is 0 Å². The van der Waals surface area contributed by atoms with Crippen molar-refractivity contribution in [3.8, 4) is 5.69 Å². The highest BCUT2D eigenvalue weighted by Gasteiger charge is 2.23. The first-order valence-electron chi connectivity index (χ1n) is 7.92. The summed E-state index contributed by atoms with van der Waals surface area (Å²) in [5.41, 5.74) is 3.20. The van der Waals surface area contributed by atoms with E-state index in [9.17, 15) is 4.79 Å². The molecule has 0 radical (unpaired) electrons. The summed E-state index contributed by atoms with van der Waals surface area (Å²) in [6.45, 7) is 7.67. The zero-order chi connectivity index (χ0) is 17.3. The number of aryl methyl sites for hydroxylation is 2.